The summed E-state index contributed by atoms with van der Waals surface area (Å²) in [4.78, 5) is 13.9. The number of nitrogens with zero attached hydrogens (tertiary/aromatic N) is 1. The number of amidine groups is 1. The number of nitrogens with two attached hydrogens (primary N) is 1. The van der Waals surface area contributed by atoms with Gasteiger partial charge in [0.2, 0.25) is 0 Å². The summed E-state index contributed by atoms with van der Waals surface area (Å²) in [6.45, 7) is 3.27. The third-order valence-electron chi connectivity index (χ3n) is 3.45. The van der Waals surface area contributed by atoms with Crippen molar-refractivity contribution in [1.82, 2.24) is 4.90 Å². The number of aryl methyl sites for hydroxylation is 1. The lowest BCUT2D eigenvalue weighted by Crippen LogP contribution is -2.45. The van der Waals surface area contributed by atoms with Crippen LogP contribution in [0, 0.1) is 18.3 Å². The smallest absolute Gasteiger partial charge is 0.321 e. The first-order valence-electron chi connectivity index (χ1n) is 6.53. The van der Waals surface area contributed by atoms with Gasteiger partial charge in [-0.3, -0.25) is 5.41 Å². The number of hydrogen-bond donors (Lipinski definition) is 3. The fourth-order valence-electron chi connectivity index (χ4n) is 2.25. The maximum atomic E-state index is 12.1. The number of carbonyl (C=O) groups is 1. The number of amides is 2. The molecule has 0 aromatic heterocycles. The standard InChI is InChI=1S/C14H20N4O/c1-10-4-6-12(7-5-10)17-14(19)18-8-2-3-11(9-18)13(15)16/h4-7,11H,2-3,8-9H2,1H3,(H3,15,16)(H,17,19). The molecule has 0 saturated carbocycles. The van der Waals surface area contributed by atoms with E-state index in [0.717, 1.165) is 30.6 Å². The van der Waals surface area contributed by atoms with Crippen molar-refractivity contribution in [2.75, 3.05) is 18.4 Å². The molecule has 1 aromatic rings. The van der Waals surface area contributed by atoms with Gasteiger partial charge < -0.3 is 16.0 Å². The molecule has 4 N–H and O–H groups in total. The van der Waals surface area contributed by atoms with Crippen LogP contribution >= 0.6 is 0 Å². The molecule has 0 spiro atoms. The summed E-state index contributed by atoms with van der Waals surface area (Å²) in [7, 11) is 0. The zero-order chi connectivity index (χ0) is 13.8. The van der Waals surface area contributed by atoms with E-state index < -0.39 is 0 Å². The summed E-state index contributed by atoms with van der Waals surface area (Å²) < 4.78 is 0. The number of rotatable bonds is 2. The van der Waals surface area contributed by atoms with Crippen molar-refractivity contribution in [2.45, 2.75) is 19.8 Å². The van der Waals surface area contributed by atoms with Crippen molar-refractivity contribution in [1.29, 1.82) is 5.41 Å². The molecular formula is C14H20N4O. The summed E-state index contributed by atoms with van der Waals surface area (Å²) in [5.41, 5.74) is 7.48. The number of likely N-dealkylation sites (tertiary alicyclic amines) is 1. The van der Waals surface area contributed by atoms with E-state index in [1.54, 1.807) is 4.90 Å². The lowest BCUT2D eigenvalue weighted by molar-refractivity contribution is 0.191. The maximum Gasteiger partial charge on any atom is 0.321 e. The maximum absolute atomic E-state index is 12.1. The molecule has 1 fully saturated rings. The van der Waals surface area contributed by atoms with Crippen LogP contribution in [0.5, 0.6) is 0 Å². The number of nitrogens with one attached hydrogen (secondary N) is 2. The van der Waals surface area contributed by atoms with Gasteiger partial charge in [0, 0.05) is 24.7 Å². The molecule has 102 valence electrons. The Morgan fingerprint density at radius 3 is 2.74 bits per heavy atom. The molecule has 1 aromatic carbocycles. The first-order chi connectivity index (χ1) is 9.06. The van der Waals surface area contributed by atoms with Gasteiger partial charge in [-0.1, -0.05) is 17.7 Å². The van der Waals surface area contributed by atoms with Gasteiger partial charge in [0.15, 0.2) is 0 Å². The van der Waals surface area contributed by atoms with Gasteiger partial charge in [0.25, 0.3) is 0 Å². The van der Waals surface area contributed by atoms with E-state index in [1.807, 2.05) is 31.2 Å². The average molecular weight is 260 g/mol. The number of hydrogen-bond acceptors (Lipinski definition) is 2. The fraction of sp³-hybridized carbons (Fsp3) is 0.429. The van der Waals surface area contributed by atoms with Crippen LogP contribution < -0.4 is 11.1 Å². The van der Waals surface area contributed by atoms with E-state index in [1.165, 1.54) is 0 Å². The topological polar surface area (TPSA) is 82.2 Å². The third-order valence-corrected chi connectivity index (χ3v) is 3.45. The SMILES string of the molecule is Cc1ccc(NC(=O)N2CCCC(C(=N)N)C2)cc1. The van der Waals surface area contributed by atoms with E-state index in [-0.39, 0.29) is 17.8 Å². The highest BCUT2D eigenvalue weighted by atomic mass is 16.2. The number of piperidine rings is 1. The highest BCUT2D eigenvalue weighted by Gasteiger charge is 2.25. The molecule has 19 heavy (non-hydrogen) atoms. The van der Waals surface area contributed by atoms with Crippen LogP contribution in [0.3, 0.4) is 0 Å². The molecule has 0 radical (unpaired) electrons. The van der Waals surface area contributed by atoms with E-state index >= 15 is 0 Å². The van der Waals surface area contributed by atoms with Crippen molar-refractivity contribution < 1.29 is 4.79 Å². The number of benzene rings is 1. The van der Waals surface area contributed by atoms with E-state index in [4.69, 9.17) is 11.1 Å². The van der Waals surface area contributed by atoms with Crippen molar-refractivity contribution in [3.63, 3.8) is 0 Å². The molecule has 1 saturated heterocycles. The molecule has 0 aliphatic carbocycles. The van der Waals surface area contributed by atoms with Crippen LogP contribution in [0.25, 0.3) is 0 Å². The molecule has 1 unspecified atom stereocenters. The summed E-state index contributed by atoms with van der Waals surface area (Å²) in [5, 5.41) is 10.4. The number of anilines is 1. The van der Waals surface area contributed by atoms with Crippen LogP contribution in [0.4, 0.5) is 10.5 Å². The molecule has 0 bridgehead atoms. The molecule has 1 aliphatic heterocycles. The van der Waals surface area contributed by atoms with E-state index in [9.17, 15) is 4.79 Å². The number of carbonyl (C=O) groups excluding carboxylic acids is 1. The Hall–Kier alpha value is -2.04. The lowest BCUT2D eigenvalue weighted by Gasteiger charge is -2.32. The second-order valence-electron chi connectivity index (χ2n) is 5.04. The first kappa shape index (κ1) is 13.4. The predicted molar refractivity (Wildman–Crippen MR) is 76.4 cm³/mol. The van der Waals surface area contributed by atoms with Gasteiger partial charge in [-0.2, -0.15) is 0 Å². The Labute approximate surface area is 113 Å². The molecule has 2 amide bonds. The van der Waals surface area contributed by atoms with Crippen LogP contribution in [0.2, 0.25) is 0 Å². The Kier molecular flexibility index (Phi) is 4.04. The monoisotopic (exact) mass is 260 g/mol. The molecule has 2 rings (SSSR count). The zero-order valence-electron chi connectivity index (χ0n) is 11.1. The van der Waals surface area contributed by atoms with Crippen molar-refractivity contribution in [2.24, 2.45) is 11.7 Å². The number of urea groups is 1. The third kappa shape index (κ3) is 3.47. The minimum atomic E-state index is -0.116. The molecule has 1 heterocycles. The van der Waals surface area contributed by atoms with Gasteiger partial charge in [0.1, 0.15) is 0 Å². The Bertz CT molecular complexity index is 469. The zero-order valence-corrected chi connectivity index (χ0v) is 11.1. The predicted octanol–water partition coefficient (Wildman–Crippen LogP) is 2.17. The van der Waals surface area contributed by atoms with Crippen LogP contribution in [-0.4, -0.2) is 29.9 Å². The summed E-state index contributed by atoms with van der Waals surface area (Å²) >= 11 is 0. The largest absolute Gasteiger partial charge is 0.387 e. The van der Waals surface area contributed by atoms with Gasteiger partial charge in [0.05, 0.1) is 5.84 Å². The average Bonchev–Trinajstić information content (AvgIpc) is 2.41. The molecule has 5 heteroatoms. The highest BCUT2D eigenvalue weighted by molar-refractivity contribution is 5.90. The summed E-state index contributed by atoms with van der Waals surface area (Å²) in [6, 6.07) is 7.59. The van der Waals surface area contributed by atoms with E-state index in [2.05, 4.69) is 5.32 Å². The van der Waals surface area contributed by atoms with Crippen molar-refractivity contribution in [3.8, 4) is 0 Å². The van der Waals surface area contributed by atoms with Crippen LogP contribution in [-0.2, 0) is 0 Å². The van der Waals surface area contributed by atoms with E-state index in [0.29, 0.717) is 6.54 Å². The normalized spacial score (nSPS) is 19.0. The summed E-state index contributed by atoms with van der Waals surface area (Å²) in [6.07, 6.45) is 1.79. The minimum absolute atomic E-state index is 0.00230. The van der Waals surface area contributed by atoms with Gasteiger partial charge in [-0.25, -0.2) is 4.79 Å². The molecule has 5 nitrogen and oxygen atoms in total. The molecule has 1 aliphatic rings. The van der Waals surface area contributed by atoms with Crippen LogP contribution in [0.15, 0.2) is 24.3 Å². The Morgan fingerprint density at radius 1 is 1.42 bits per heavy atom. The Morgan fingerprint density at radius 2 is 2.11 bits per heavy atom. The molecular weight excluding hydrogens is 240 g/mol. The fourth-order valence-corrected chi connectivity index (χ4v) is 2.25. The summed E-state index contributed by atoms with van der Waals surface area (Å²) in [5.74, 6) is 0.172. The van der Waals surface area contributed by atoms with Gasteiger partial charge >= 0.3 is 6.03 Å². The van der Waals surface area contributed by atoms with Crippen molar-refractivity contribution >= 4 is 17.6 Å². The quantitative estimate of drug-likeness (QED) is 0.562. The van der Waals surface area contributed by atoms with Crippen LogP contribution in [0.1, 0.15) is 18.4 Å². The Balaban J connectivity index is 1.96. The minimum Gasteiger partial charge on any atom is -0.387 e. The highest BCUT2D eigenvalue weighted by Crippen LogP contribution is 2.17. The van der Waals surface area contributed by atoms with Gasteiger partial charge in [-0.05, 0) is 31.9 Å². The van der Waals surface area contributed by atoms with Gasteiger partial charge in [-0.15, -0.1) is 0 Å². The first-order valence-corrected chi connectivity index (χ1v) is 6.53. The lowest BCUT2D eigenvalue weighted by atomic mass is 9.97. The second kappa shape index (κ2) is 5.73. The van der Waals surface area contributed by atoms with Crippen molar-refractivity contribution in [3.05, 3.63) is 29.8 Å². The second-order valence-corrected chi connectivity index (χ2v) is 5.04. The molecule has 1 atom stereocenters.